The Hall–Kier alpha value is -7.87. The monoisotopic (exact) mass is 739 g/mol. The van der Waals surface area contributed by atoms with Gasteiger partial charge in [-0.05, 0) is 63.2 Å². The van der Waals surface area contributed by atoms with Crippen LogP contribution in [0.2, 0.25) is 0 Å². The van der Waals surface area contributed by atoms with E-state index in [0.29, 0.717) is 17.1 Å². The Kier molecular flexibility index (Phi) is 7.74. The van der Waals surface area contributed by atoms with Gasteiger partial charge in [-0.15, -0.1) is 0 Å². The van der Waals surface area contributed by atoms with Crippen LogP contribution in [0.3, 0.4) is 0 Å². The van der Waals surface area contributed by atoms with E-state index in [1.807, 2.05) is 36.4 Å². The topological polar surface area (TPSA) is 58.8 Å². The molecule has 0 amide bonds. The van der Waals surface area contributed by atoms with E-state index in [1.165, 1.54) is 22.3 Å². The molecule has 0 radical (unpaired) electrons. The van der Waals surface area contributed by atoms with E-state index in [2.05, 4.69) is 170 Å². The van der Waals surface area contributed by atoms with Gasteiger partial charge in [-0.1, -0.05) is 176 Å². The first-order valence-electron chi connectivity index (χ1n) is 19.5. The highest BCUT2D eigenvalue weighted by Gasteiger charge is 2.51. The Balaban J connectivity index is 1.10. The number of nitriles is 1. The summed E-state index contributed by atoms with van der Waals surface area (Å²) in [6.07, 6.45) is 0. The Morgan fingerprint density at radius 2 is 0.862 bits per heavy atom. The third-order valence-electron chi connectivity index (χ3n) is 11.6. The van der Waals surface area contributed by atoms with Crippen molar-refractivity contribution >= 4 is 0 Å². The molecule has 8 aromatic carbocycles. The van der Waals surface area contributed by atoms with Gasteiger partial charge < -0.3 is 4.74 Å². The fourth-order valence-corrected chi connectivity index (χ4v) is 9.06. The number of aromatic nitrogens is 2. The maximum Gasteiger partial charge on any atom is 0.160 e. The van der Waals surface area contributed by atoms with Gasteiger partial charge in [0.25, 0.3) is 0 Å². The molecule has 0 saturated heterocycles. The van der Waals surface area contributed by atoms with Gasteiger partial charge in [0.15, 0.2) is 5.82 Å². The van der Waals surface area contributed by atoms with Crippen LogP contribution in [-0.4, -0.2) is 9.97 Å². The van der Waals surface area contributed by atoms with Crippen LogP contribution in [0.5, 0.6) is 11.5 Å². The molecule has 0 atom stereocenters. The third kappa shape index (κ3) is 5.15. The smallest absolute Gasteiger partial charge is 0.160 e. The van der Waals surface area contributed by atoms with Gasteiger partial charge in [0.05, 0.1) is 22.4 Å². The van der Waals surface area contributed by atoms with Gasteiger partial charge in [-0.25, -0.2) is 9.97 Å². The molecule has 0 unspecified atom stereocenters. The lowest BCUT2D eigenvalue weighted by atomic mass is 9.65. The minimum atomic E-state index is -0.688. The van der Waals surface area contributed by atoms with Gasteiger partial charge in [-0.3, -0.25) is 0 Å². The Morgan fingerprint density at radius 1 is 0.379 bits per heavy atom. The van der Waals surface area contributed by atoms with E-state index in [-0.39, 0.29) is 0 Å². The average Bonchev–Trinajstić information content (AvgIpc) is 3.60. The minimum absolute atomic E-state index is 0.503. The molecule has 0 fully saturated rings. The lowest BCUT2D eigenvalue weighted by Gasteiger charge is -2.40. The van der Waals surface area contributed by atoms with Crippen LogP contribution in [0.4, 0.5) is 0 Å². The predicted molar refractivity (Wildman–Crippen MR) is 231 cm³/mol. The molecule has 1 aliphatic carbocycles. The summed E-state index contributed by atoms with van der Waals surface area (Å²) < 4.78 is 7.00. The minimum Gasteiger partial charge on any atom is -0.455 e. The summed E-state index contributed by atoms with van der Waals surface area (Å²) in [7, 11) is 0. The maximum absolute atomic E-state index is 10.5. The van der Waals surface area contributed by atoms with Crippen molar-refractivity contribution in [2.45, 2.75) is 5.41 Å². The van der Waals surface area contributed by atoms with Crippen molar-refractivity contribution in [3.8, 4) is 84.9 Å². The summed E-state index contributed by atoms with van der Waals surface area (Å²) in [5, 5.41) is 10.5. The SMILES string of the molecule is N#Cc1cccc2c1Oc1c(-c3cccc(-c4nc(-c5ccccc5)cc(-c5cccc(-c6ccccc6)c5)n4)c3)cccc1C21c2ccccc2-c2ccccc21. The van der Waals surface area contributed by atoms with E-state index < -0.39 is 5.41 Å². The second kappa shape index (κ2) is 13.4. The maximum atomic E-state index is 10.5. The third-order valence-corrected chi connectivity index (χ3v) is 11.6. The van der Waals surface area contributed by atoms with Crippen molar-refractivity contribution in [2.75, 3.05) is 0 Å². The molecular weight excluding hydrogens is 707 g/mol. The highest BCUT2D eigenvalue weighted by molar-refractivity contribution is 5.91. The molecular formula is C54H33N3O. The number of ether oxygens (including phenoxy) is 1. The molecule has 1 aliphatic heterocycles. The van der Waals surface area contributed by atoms with Gasteiger partial charge >= 0.3 is 0 Å². The number of fused-ring (bicyclic) bond motifs is 9. The van der Waals surface area contributed by atoms with Crippen LogP contribution in [0, 0.1) is 11.3 Å². The quantitative estimate of drug-likeness (QED) is 0.176. The zero-order valence-corrected chi connectivity index (χ0v) is 31.3. The molecule has 0 N–H and O–H groups in total. The number of para-hydroxylation sites is 2. The molecule has 9 aromatic rings. The van der Waals surface area contributed by atoms with Gasteiger partial charge in [-0.2, -0.15) is 5.26 Å². The van der Waals surface area contributed by atoms with Gasteiger partial charge in [0.1, 0.15) is 17.6 Å². The van der Waals surface area contributed by atoms with E-state index in [0.717, 1.165) is 67.2 Å². The number of hydrogen-bond acceptors (Lipinski definition) is 4. The van der Waals surface area contributed by atoms with Crippen molar-refractivity contribution < 1.29 is 4.74 Å². The first kappa shape index (κ1) is 33.5. The molecule has 2 aliphatic rings. The second-order valence-corrected chi connectivity index (χ2v) is 14.8. The summed E-state index contributed by atoms with van der Waals surface area (Å²) in [5.74, 6) is 1.95. The van der Waals surface area contributed by atoms with Crippen LogP contribution >= 0.6 is 0 Å². The van der Waals surface area contributed by atoms with Crippen molar-refractivity contribution in [2.24, 2.45) is 0 Å². The largest absolute Gasteiger partial charge is 0.455 e. The first-order valence-corrected chi connectivity index (χ1v) is 19.5. The second-order valence-electron chi connectivity index (χ2n) is 14.8. The van der Waals surface area contributed by atoms with E-state index in [4.69, 9.17) is 14.7 Å². The fourth-order valence-electron chi connectivity index (χ4n) is 9.06. The number of benzene rings is 8. The van der Waals surface area contributed by atoms with Gasteiger partial charge in [0.2, 0.25) is 0 Å². The zero-order chi connectivity index (χ0) is 38.6. The predicted octanol–water partition coefficient (Wildman–Crippen LogP) is 13.2. The standard InChI is InChI=1S/C54H33N3O/c55-34-41-23-13-29-47-51(41)58-52-42(26-14-30-48(52)54(47)45-27-9-7-24-43(45)44-25-8-10-28-46(44)54)38-20-12-22-40(32-38)53-56-49(36-17-5-2-6-18-36)33-50(57-53)39-21-11-19-37(31-39)35-15-3-1-4-16-35/h1-33H. The summed E-state index contributed by atoms with van der Waals surface area (Å²) in [6, 6.07) is 71.8. The molecule has 4 heteroatoms. The van der Waals surface area contributed by atoms with Crippen molar-refractivity contribution in [1.82, 2.24) is 9.97 Å². The summed E-state index contributed by atoms with van der Waals surface area (Å²) in [6.45, 7) is 0. The molecule has 58 heavy (non-hydrogen) atoms. The highest BCUT2D eigenvalue weighted by atomic mass is 16.5. The number of hydrogen-bond donors (Lipinski definition) is 0. The van der Waals surface area contributed by atoms with E-state index >= 15 is 0 Å². The van der Waals surface area contributed by atoms with E-state index in [9.17, 15) is 5.26 Å². The Labute approximate surface area is 337 Å². The van der Waals surface area contributed by atoms with E-state index in [1.54, 1.807) is 0 Å². The summed E-state index contributed by atoms with van der Waals surface area (Å²) in [4.78, 5) is 10.4. The van der Waals surface area contributed by atoms with Crippen molar-refractivity contribution in [3.63, 3.8) is 0 Å². The van der Waals surface area contributed by atoms with Crippen LogP contribution in [0.1, 0.15) is 27.8 Å². The molecule has 11 rings (SSSR count). The zero-order valence-electron chi connectivity index (χ0n) is 31.3. The number of rotatable bonds is 5. The average molecular weight is 740 g/mol. The van der Waals surface area contributed by atoms with Crippen LogP contribution in [0.25, 0.3) is 67.3 Å². The number of nitrogens with zero attached hydrogens (tertiary/aromatic N) is 3. The van der Waals surface area contributed by atoms with Crippen LogP contribution in [0.15, 0.2) is 200 Å². The summed E-state index contributed by atoms with van der Waals surface area (Å²) in [5.41, 5.74) is 15.3. The molecule has 0 bridgehead atoms. The lowest BCUT2D eigenvalue weighted by Crippen LogP contribution is -2.32. The molecule has 270 valence electrons. The molecule has 1 aromatic heterocycles. The normalized spacial score (nSPS) is 12.7. The Bertz CT molecular complexity index is 3060. The van der Waals surface area contributed by atoms with Crippen LogP contribution < -0.4 is 4.74 Å². The fraction of sp³-hybridized carbons (Fsp3) is 0.0185. The molecule has 2 heterocycles. The first-order chi connectivity index (χ1) is 28.7. The summed E-state index contributed by atoms with van der Waals surface area (Å²) >= 11 is 0. The molecule has 4 nitrogen and oxygen atoms in total. The van der Waals surface area contributed by atoms with Crippen molar-refractivity contribution in [1.29, 1.82) is 5.26 Å². The highest BCUT2D eigenvalue weighted by Crippen LogP contribution is 2.63. The van der Waals surface area contributed by atoms with Crippen LogP contribution in [-0.2, 0) is 5.41 Å². The lowest BCUT2D eigenvalue weighted by molar-refractivity contribution is 0.436. The van der Waals surface area contributed by atoms with Crippen molar-refractivity contribution in [3.05, 3.63) is 228 Å². The Morgan fingerprint density at radius 3 is 1.57 bits per heavy atom. The molecule has 1 spiro atoms. The van der Waals surface area contributed by atoms with Gasteiger partial charge in [0, 0.05) is 33.4 Å². The molecule has 0 saturated carbocycles.